The minimum atomic E-state index is -0.452. The highest BCUT2D eigenvalue weighted by Crippen LogP contribution is 2.29. The number of hydrogen-bond donors (Lipinski definition) is 2. The molecule has 1 aromatic carbocycles. The maximum Gasteiger partial charge on any atom is 0.255 e. The van der Waals surface area contributed by atoms with Crippen LogP contribution in [-0.4, -0.2) is 28.3 Å². The van der Waals surface area contributed by atoms with Crippen LogP contribution in [0.1, 0.15) is 22.1 Å². The zero-order chi connectivity index (χ0) is 13.8. The molecule has 2 N–H and O–H groups in total. The summed E-state index contributed by atoms with van der Waals surface area (Å²) in [5.41, 5.74) is 0.121. The Kier molecular flexibility index (Phi) is 3.65. The molecular formula is C12H13N3O4. The van der Waals surface area contributed by atoms with Crippen molar-refractivity contribution in [3.8, 4) is 11.5 Å². The molecule has 7 heteroatoms. The first kappa shape index (κ1) is 12.9. The zero-order valence-electron chi connectivity index (χ0n) is 10.5. The minimum absolute atomic E-state index is 0.0936. The summed E-state index contributed by atoms with van der Waals surface area (Å²) in [6.07, 6.45) is 0. The normalized spacial score (nSPS) is 10.2. The van der Waals surface area contributed by atoms with Gasteiger partial charge in [-0.3, -0.25) is 4.79 Å². The van der Waals surface area contributed by atoms with E-state index in [2.05, 4.69) is 15.5 Å². The molecule has 0 fully saturated rings. The Morgan fingerprint density at radius 1 is 1.53 bits per heavy atom. The zero-order valence-corrected chi connectivity index (χ0v) is 10.5. The highest BCUT2D eigenvalue weighted by molar-refractivity contribution is 5.97. The number of aromatic nitrogens is 2. The molecule has 100 valence electrons. The molecule has 0 saturated carbocycles. The summed E-state index contributed by atoms with van der Waals surface area (Å²) in [7, 11) is 1.41. The third kappa shape index (κ3) is 2.82. The van der Waals surface area contributed by atoms with Gasteiger partial charge in [0.15, 0.2) is 17.3 Å². The van der Waals surface area contributed by atoms with Gasteiger partial charge in [-0.1, -0.05) is 11.2 Å². The molecule has 0 atom stereocenters. The number of para-hydroxylation sites is 1. The molecular weight excluding hydrogens is 250 g/mol. The summed E-state index contributed by atoms with van der Waals surface area (Å²) >= 11 is 0. The fraction of sp³-hybridized carbons (Fsp3) is 0.250. The first-order chi connectivity index (χ1) is 9.11. The molecule has 2 rings (SSSR count). The van der Waals surface area contributed by atoms with Crippen LogP contribution in [0.4, 0.5) is 0 Å². The molecule has 0 aliphatic rings. The number of phenols is 1. The van der Waals surface area contributed by atoms with Crippen molar-refractivity contribution < 1.29 is 19.2 Å². The highest BCUT2D eigenvalue weighted by atomic mass is 16.5. The van der Waals surface area contributed by atoms with E-state index in [9.17, 15) is 9.90 Å². The SMILES string of the molecule is COc1cccc(C(=O)NCc2nc(C)no2)c1O. The Morgan fingerprint density at radius 2 is 2.32 bits per heavy atom. The first-order valence-corrected chi connectivity index (χ1v) is 5.55. The second kappa shape index (κ2) is 5.38. The second-order valence-electron chi connectivity index (χ2n) is 3.77. The van der Waals surface area contributed by atoms with Gasteiger partial charge < -0.3 is 19.7 Å². The quantitative estimate of drug-likeness (QED) is 0.854. The fourth-order valence-corrected chi connectivity index (χ4v) is 1.53. The Labute approximate surface area is 109 Å². The lowest BCUT2D eigenvalue weighted by Crippen LogP contribution is -2.23. The fourth-order valence-electron chi connectivity index (χ4n) is 1.53. The van der Waals surface area contributed by atoms with Gasteiger partial charge in [0, 0.05) is 0 Å². The van der Waals surface area contributed by atoms with E-state index in [-0.39, 0.29) is 23.6 Å². The molecule has 19 heavy (non-hydrogen) atoms. The largest absolute Gasteiger partial charge is 0.504 e. The van der Waals surface area contributed by atoms with E-state index in [1.165, 1.54) is 13.2 Å². The molecule has 0 unspecified atom stereocenters. The molecule has 0 aliphatic carbocycles. The number of ether oxygens (including phenoxy) is 1. The van der Waals surface area contributed by atoms with E-state index in [4.69, 9.17) is 9.26 Å². The van der Waals surface area contributed by atoms with Crippen molar-refractivity contribution in [2.24, 2.45) is 0 Å². The van der Waals surface area contributed by atoms with Gasteiger partial charge in [-0.25, -0.2) is 0 Å². The van der Waals surface area contributed by atoms with Gasteiger partial charge in [0.1, 0.15) is 0 Å². The molecule has 1 heterocycles. The predicted octanol–water partition coefficient (Wildman–Crippen LogP) is 1.02. The molecule has 7 nitrogen and oxygen atoms in total. The van der Waals surface area contributed by atoms with Crippen molar-refractivity contribution in [2.75, 3.05) is 7.11 Å². The van der Waals surface area contributed by atoms with Crippen molar-refractivity contribution in [1.82, 2.24) is 15.5 Å². The molecule has 1 amide bonds. The number of aryl methyl sites for hydroxylation is 1. The molecule has 0 radical (unpaired) electrons. The van der Waals surface area contributed by atoms with E-state index in [1.54, 1.807) is 19.1 Å². The number of aromatic hydroxyl groups is 1. The van der Waals surface area contributed by atoms with E-state index >= 15 is 0 Å². The Bertz CT molecular complexity index is 594. The second-order valence-corrected chi connectivity index (χ2v) is 3.77. The van der Waals surface area contributed by atoms with E-state index < -0.39 is 5.91 Å². The number of phenolic OH excluding ortho intramolecular Hbond substituents is 1. The van der Waals surface area contributed by atoms with Crippen LogP contribution in [0.5, 0.6) is 11.5 Å². The monoisotopic (exact) mass is 263 g/mol. The van der Waals surface area contributed by atoms with Crippen molar-refractivity contribution in [3.05, 3.63) is 35.5 Å². The van der Waals surface area contributed by atoms with Gasteiger partial charge in [-0.2, -0.15) is 4.98 Å². The van der Waals surface area contributed by atoms with Gasteiger partial charge in [-0.05, 0) is 19.1 Å². The van der Waals surface area contributed by atoms with Crippen molar-refractivity contribution in [2.45, 2.75) is 13.5 Å². The third-order valence-electron chi connectivity index (χ3n) is 2.43. The molecule has 0 saturated heterocycles. The predicted molar refractivity (Wildman–Crippen MR) is 64.9 cm³/mol. The smallest absolute Gasteiger partial charge is 0.255 e. The van der Waals surface area contributed by atoms with Crippen LogP contribution >= 0.6 is 0 Å². The van der Waals surface area contributed by atoms with Crippen LogP contribution in [0.2, 0.25) is 0 Å². The van der Waals surface area contributed by atoms with Crippen LogP contribution in [-0.2, 0) is 6.54 Å². The lowest BCUT2D eigenvalue weighted by Gasteiger charge is -2.08. The van der Waals surface area contributed by atoms with Gasteiger partial charge >= 0.3 is 0 Å². The summed E-state index contributed by atoms with van der Waals surface area (Å²) in [6, 6.07) is 4.67. The maximum atomic E-state index is 11.9. The number of carbonyl (C=O) groups excluding carboxylic acids is 1. The number of rotatable bonds is 4. The molecule has 1 aromatic heterocycles. The number of methoxy groups -OCH3 is 1. The number of amides is 1. The third-order valence-corrected chi connectivity index (χ3v) is 2.43. The Balaban J connectivity index is 2.08. The van der Waals surface area contributed by atoms with Crippen LogP contribution in [0, 0.1) is 6.92 Å². The molecule has 0 aliphatic heterocycles. The van der Waals surface area contributed by atoms with Crippen LogP contribution in [0.25, 0.3) is 0 Å². The van der Waals surface area contributed by atoms with Crippen LogP contribution in [0.15, 0.2) is 22.7 Å². The number of carbonyl (C=O) groups is 1. The van der Waals surface area contributed by atoms with Gasteiger partial charge in [0.25, 0.3) is 5.91 Å². The van der Waals surface area contributed by atoms with Crippen molar-refractivity contribution in [3.63, 3.8) is 0 Å². The molecule has 0 bridgehead atoms. The van der Waals surface area contributed by atoms with Gasteiger partial charge in [0.05, 0.1) is 19.2 Å². The van der Waals surface area contributed by atoms with E-state index in [0.29, 0.717) is 11.7 Å². The average molecular weight is 263 g/mol. The first-order valence-electron chi connectivity index (χ1n) is 5.55. The number of hydrogen-bond acceptors (Lipinski definition) is 6. The average Bonchev–Trinajstić information content (AvgIpc) is 2.82. The maximum absolute atomic E-state index is 11.9. The minimum Gasteiger partial charge on any atom is -0.504 e. The number of nitrogens with one attached hydrogen (secondary N) is 1. The number of benzene rings is 1. The van der Waals surface area contributed by atoms with Crippen molar-refractivity contribution >= 4 is 5.91 Å². The highest BCUT2D eigenvalue weighted by Gasteiger charge is 2.15. The van der Waals surface area contributed by atoms with Crippen LogP contribution in [0.3, 0.4) is 0 Å². The summed E-state index contributed by atoms with van der Waals surface area (Å²) in [6.45, 7) is 1.78. The summed E-state index contributed by atoms with van der Waals surface area (Å²) in [5.74, 6) is 0.374. The summed E-state index contributed by atoms with van der Waals surface area (Å²) < 4.78 is 9.79. The Hall–Kier alpha value is -2.57. The number of nitrogens with zero attached hydrogens (tertiary/aromatic N) is 2. The van der Waals surface area contributed by atoms with Crippen LogP contribution < -0.4 is 10.1 Å². The van der Waals surface area contributed by atoms with E-state index in [1.807, 2.05) is 0 Å². The van der Waals surface area contributed by atoms with Gasteiger partial charge in [-0.15, -0.1) is 0 Å². The lowest BCUT2D eigenvalue weighted by atomic mass is 10.1. The van der Waals surface area contributed by atoms with Gasteiger partial charge in [0.2, 0.25) is 5.89 Å². The standard InChI is InChI=1S/C12H13N3O4/c1-7-14-10(19-15-7)6-13-12(17)8-4-3-5-9(18-2)11(8)16/h3-5,16H,6H2,1-2H3,(H,13,17). The lowest BCUT2D eigenvalue weighted by molar-refractivity contribution is 0.0943. The topological polar surface area (TPSA) is 97.5 Å². The molecule has 2 aromatic rings. The molecule has 0 spiro atoms. The van der Waals surface area contributed by atoms with E-state index in [0.717, 1.165) is 0 Å². The van der Waals surface area contributed by atoms with Crippen molar-refractivity contribution in [1.29, 1.82) is 0 Å². The summed E-state index contributed by atoms with van der Waals surface area (Å²) in [5, 5.41) is 16.0. The summed E-state index contributed by atoms with van der Waals surface area (Å²) in [4.78, 5) is 15.9. The Morgan fingerprint density at radius 3 is 2.95 bits per heavy atom.